The summed E-state index contributed by atoms with van der Waals surface area (Å²) in [6.07, 6.45) is 0.578. The van der Waals surface area contributed by atoms with Crippen LogP contribution in [0.25, 0.3) is 0 Å². The van der Waals surface area contributed by atoms with Gasteiger partial charge in [0.15, 0.2) is 0 Å². The molecule has 1 atom stereocenters. The lowest BCUT2D eigenvalue weighted by Gasteiger charge is -2.13. The zero-order valence-corrected chi connectivity index (χ0v) is 14.1. The maximum atomic E-state index is 11.9. The van der Waals surface area contributed by atoms with Gasteiger partial charge in [-0.05, 0) is 31.4 Å². The average molecular weight is 340 g/mol. The van der Waals surface area contributed by atoms with Crippen LogP contribution < -0.4 is 9.86 Å². The van der Waals surface area contributed by atoms with Crippen LogP contribution in [-0.2, 0) is 20.0 Å². The molecule has 1 aromatic rings. The fourth-order valence-electron chi connectivity index (χ4n) is 1.50. The summed E-state index contributed by atoms with van der Waals surface area (Å²) in [5.41, 5.74) is 0. The molecule has 20 heavy (non-hydrogen) atoms. The van der Waals surface area contributed by atoms with Crippen LogP contribution in [0, 0.1) is 5.92 Å². The van der Waals surface area contributed by atoms with Crippen molar-refractivity contribution in [3.63, 3.8) is 0 Å². The molecule has 1 aromatic heterocycles. The Morgan fingerprint density at radius 1 is 1.20 bits per heavy atom. The lowest BCUT2D eigenvalue weighted by atomic mass is 10.2. The summed E-state index contributed by atoms with van der Waals surface area (Å²) in [4.78, 5) is 0.613. The Morgan fingerprint density at radius 3 is 2.25 bits per heavy atom. The number of nitrogens with one attached hydrogen (secondary N) is 1. The topological polar surface area (TPSA) is 106 Å². The SMILES string of the molecule is CC(C)CCS(=O)(=O)NC(C)c1ccc(S(N)(=O)=O)s1. The Bertz CT molecular complexity index is 647. The quantitative estimate of drug-likeness (QED) is 0.783. The molecule has 0 saturated carbocycles. The molecule has 0 spiro atoms. The van der Waals surface area contributed by atoms with Gasteiger partial charge in [0.2, 0.25) is 20.0 Å². The Balaban J connectivity index is 2.76. The van der Waals surface area contributed by atoms with Gasteiger partial charge < -0.3 is 0 Å². The van der Waals surface area contributed by atoms with Crippen LogP contribution in [0.15, 0.2) is 16.3 Å². The molecule has 0 bridgehead atoms. The monoisotopic (exact) mass is 340 g/mol. The Hall–Kier alpha value is -0.480. The molecule has 1 rings (SSSR count). The fraction of sp³-hybridized carbons (Fsp3) is 0.636. The molecule has 9 heteroatoms. The van der Waals surface area contributed by atoms with Gasteiger partial charge in [0.05, 0.1) is 11.8 Å². The van der Waals surface area contributed by atoms with Crippen LogP contribution in [0.5, 0.6) is 0 Å². The molecule has 1 heterocycles. The van der Waals surface area contributed by atoms with Gasteiger partial charge in [0, 0.05) is 4.88 Å². The van der Waals surface area contributed by atoms with Crippen LogP contribution in [0.3, 0.4) is 0 Å². The van der Waals surface area contributed by atoms with Crippen molar-refractivity contribution in [3.05, 3.63) is 17.0 Å². The van der Waals surface area contributed by atoms with Gasteiger partial charge in [0.1, 0.15) is 4.21 Å². The lowest BCUT2D eigenvalue weighted by molar-refractivity contribution is 0.551. The molecular weight excluding hydrogens is 320 g/mol. The van der Waals surface area contributed by atoms with Gasteiger partial charge in [-0.3, -0.25) is 0 Å². The molecule has 0 aliphatic heterocycles. The second-order valence-corrected chi connectivity index (χ2v) is 9.82. The molecule has 0 amide bonds. The summed E-state index contributed by atoms with van der Waals surface area (Å²) in [6, 6.07) is 2.47. The number of hydrogen-bond donors (Lipinski definition) is 2. The first-order valence-electron chi connectivity index (χ1n) is 6.14. The highest BCUT2D eigenvalue weighted by Crippen LogP contribution is 2.26. The predicted octanol–water partition coefficient (Wildman–Crippen LogP) is 1.42. The van der Waals surface area contributed by atoms with E-state index in [1.165, 1.54) is 6.07 Å². The molecule has 0 aliphatic rings. The first-order valence-corrected chi connectivity index (χ1v) is 10.2. The van der Waals surface area contributed by atoms with Gasteiger partial charge in [0.25, 0.3) is 0 Å². The first-order chi connectivity index (χ1) is 9.01. The van der Waals surface area contributed by atoms with E-state index in [9.17, 15) is 16.8 Å². The second-order valence-electron chi connectivity index (χ2n) is 5.04. The molecule has 0 aliphatic carbocycles. The summed E-state index contributed by atoms with van der Waals surface area (Å²) in [6.45, 7) is 5.58. The molecular formula is C11H20N2O4S3. The van der Waals surface area contributed by atoms with E-state index in [1.54, 1.807) is 13.0 Å². The van der Waals surface area contributed by atoms with Crippen molar-refractivity contribution in [1.82, 2.24) is 4.72 Å². The number of sulfonamides is 2. The summed E-state index contributed by atoms with van der Waals surface area (Å²) in [7, 11) is -7.11. The first kappa shape index (κ1) is 17.6. The van der Waals surface area contributed by atoms with Crippen molar-refractivity contribution in [2.75, 3.05) is 5.75 Å². The zero-order chi connectivity index (χ0) is 15.6. The highest BCUT2D eigenvalue weighted by Gasteiger charge is 2.19. The summed E-state index contributed by atoms with van der Waals surface area (Å²) in [5.74, 6) is 0.361. The van der Waals surface area contributed by atoms with E-state index in [1.807, 2.05) is 13.8 Å². The van der Waals surface area contributed by atoms with E-state index in [0.29, 0.717) is 17.2 Å². The van der Waals surface area contributed by atoms with Gasteiger partial charge in [-0.2, -0.15) is 0 Å². The Labute approximate surface area is 124 Å². The van der Waals surface area contributed by atoms with Gasteiger partial charge in [-0.15, -0.1) is 11.3 Å². The predicted molar refractivity (Wildman–Crippen MR) is 80.5 cm³/mol. The molecule has 1 unspecified atom stereocenters. The summed E-state index contributed by atoms with van der Waals surface area (Å²) < 4.78 is 48.7. The molecule has 0 aromatic carbocycles. The normalized spacial score (nSPS) is 14.7. The minimum atomic E-state index is -3.74. The maximum Gasteiger partial charge on any atom is 0.247 e. The van der Waals surface area contributed by atoms with Gasteiger partial charge in [-0.1, -0.05) is 13.8 Å². The second kappa shape index (κ2) is 6.52. The van der Waals surface area contributed by atoms with E-state index in [-0.39, 0.29) is 9.96 Å². The van der Waals surface area contributed by atoms with Crippen LogP contribution in [0.4, 0.5) is 0 Å². The van der Waals surface area contributed by atoms with Gasteiger partial charge >= 0.3 is 0 Å². The standard InChI is InChI=1S/C11H20N2O4S3/c1-8(2)6-7-19(14,15)13-9(3)10-4-5-11(18-10)20(12,16)17/h4-5,8-9,13H,6-7H2,1-3H3,(H2,12,16,17). The summed E-state index contributed by atoms with van der Waals surface area (Å²) in [5, 5.41) is 5.02. The van der Waals surface area contributed by atoms with Crippen LogP contribution in [-0.4, -0.2) is 22.6 Å². The van der Waals surface area contributed by atoms with E-state index < -0.39 is 26.1 Å². The number of hydrogen-bond acceptors (Lipinski definition) is 5. The third kappa shape index (κ3) is 5.49. The van der Waals surface area contributed by atoms with Crippen molar-refractivity contribution in [3.8, 4) is 0 Å². The lowest BCUT2D eigenvalue weighted by Crippen LogP contribution is -2.29. The Morgan fingerprint density at radius 2 is 1.80 bits per heavy atom. The van der Waals surface area contributed by atoms with Crippen molar-refractivity contribution in [1.29, 1.82) is 0 Å². The molecule has 116 valence electrons. The molecule has 6 nitrogen and oxygen atoms in total. The number of primary sulfonamides is 1. The minimum Gasteiger partial charge on any atom is -0.224 e. The average Bonchev–Trinajstić information content (AvgIpc) is 2.74. The zero-order valence-electron chi connectivity index (χ0n) is 11.7. The van der Waals surface area contributed by atoms with Crippen molar-refractivity contribution < 1.29 is 16.8 Å². The molecule has 0 saturated heterocycles. The largest absolute Gasteiger partial charge is 0.247 e. The maximum absolute atomic E-state index is 11.9. The Kier molecular flexibility index (Phi) is 5.73. The van der Waals surface area contributed by atoms with E-state index in [4.69, 9.17) is 5.14 Å². The number of nitrogens with two attached hydrogens (primary N) is 1. The third-order valence-electron chi connectivity index (χ3n) is 2.63. The molecule has 0 fully saturated rings. The highest BCUT2D eigenvalue weighted by atomic mass is 32.2. The van der Waals surface area contributed by atoms with E-state index in [2.05, 4.69) is 4.72 Å². The summed E-state index contributed by atoms with van der Waals surface area (Å²) >= 11 is 0.973. The van der Waals surface area contributed by atoms with Crippen molar-refractivity contribution in [2.24, 2.45) is 11.1 Å². The van der Waals surface area contributed by atoms with Gasteiger partial charge in [-0.25, -0.2) is 26.7 Å². The van der Waals surface area contributed by atoms with E-state index >= 15 is 0 Å². The number of thiophene rings is 1. The molecule has 3 N–H and O–H groups in total. The molecule has 0 radical (unpaired) electrons. The smallest absolute Gasteiger partial charge is 0.224 e. The van der Waals surface area contributed by atoms with Crippen LogP contribution >= 0.6 is 11.3 Å². The van der Waals surface area contributed by atoms with Crippen LogP contribution in [0.2, 0.25) is 0 Å². The third-order valence-corrected chi connectivity index (χ3v) is 6.82. The number of rotatable bonds is 7. The minimum absolute atomic E-state index is 0.0285. The highest BCUT2D eigenvalue weighted by molar-refractivity contribution is 7.91. The fourth-order valence-corrected chi connectivity index (χ4v) is 4.89. The van der Waals surface area contributed by atoms with Crippen LogP contribution in [0.1, 0.15) is 38.1 Å². The van der Waals surface area contributed by atoms with E-state index in [0.717, 1.165) is 11.3 Å². The van der Waals surface area contributed by atoms with Crippen molar-refractivity contribution in [2.45, 2.75) is 37.4 Å². The van der Waals surface area contributed by atoms with Crippen molar-refractivity contribution >= 4 is 31.4 Å².